The Bertz CT molecular complexity index is 456. The summed E-state index contributed by atoms with van der Waals surface area (Å²) in [6.45, 7) is 2.87. The van der Waals surface area contributed by atoms with E-state index in [4.69, 9.17) is 15.2 Å². The summed E-state index contributed by atoms with van der Waals surface area (Å²) < 4.78 is 10.3. The number of rotatable bonds is 4. The third-order valence-electron chi connectivity index (χ3n) is 3.38. The quantitative estimate of drug-likeness (QED) is 0.643. The number of hydrogen-bond donors (Lipinski definition) is 2. The number of nitrogens with one attached hydrogen (secondary N) is 1. The third-order valence-corrected chi connectivity index (χ3v) is 3.38. The normalized spacial score (nSPS) is 20.0. The minimum absolute atomic E-state index is 0.151. The number of nitrogen functional groups attached to an aromatic ring is 1. The van der Waals surface area contributed by atoms with Gasteiger partial charge in [-0.3, -0.25) is 0 Å². The van der Waals surface area contributed by atoms with Crippen LogP contribution in [0.5, 0.6) is 0 Å². The molecule has 0 amide bonds. The van der Waals surface area contributed by atoms with E-state index in [-0.39, 0.29) is 18.1 Å². The van der Waals surface area contributed by atoms with Gasteiger partial charge < -0.3 is 20.5 Å². The van der Waals surface area contributed by atoms with Crippen molar-refractivity contribution in [2.24, 2.45) is 0 Å². The Morgan fingerprint density at radius 2 is 2.37 bits per heavy atom. The molecule has 1 saturated heterocycles. The minimum Gasteiger partial charge on any atom is -0.465 e. The predicted octanol–water partition coefficient (Wildman–Crippen LogP) is 2.03. The van der Waals surface area contributed by atoms with Gasteiger partial charge in [0.05, 0.1) is 30.2 Å². The fourth-order valence-corrected chi connectivity index (χ4v) is 2.26. The fraction of sp³-hybridized carbons (Fsp3) is 0.500. The van der Waals surface area contributed by atoms with E-state index in [0.29, 0.717) is 11.3 Å². The van der Waals surface area contributed by atoms with Crippen LogP contribution in [0, 0.1) is 0 Å². The molecule has 1 fully saturated rings. The molecule has 0 spiro atoms. The molecule has 5 heteroatoms. The van der Waals surface area contributed by atoms with Gasteiger partial charge in [-0.2, -0.15) is 0 Å². The first-order chi connectivity index (χ1) is 9.11. The van der Waals surface area contributed by atoms with E-state index >= 15 is 0 Å². The van der Waals surface area contributed by atoms with Gasteiger partial charge in [0.15, 0.2) is 0 Å². The molecular weight excluding hydrogens is 244 g/mol. The molecular formula is C14H20N2O3. The number of hydrogen-bond acceptors (Lipinski definition) is 5. The SMILES string of the molecule is COC(=O)c1ccc(N)c(NC(C)C2CCCO2)c1. The molecule has 5 nitrogen and oxygen atoms in total. The van der Waals surface area contributed by atoms with Gasteiger partial charge in [0.25, 0.3) is 0 Å². The first kappa shape index (κ1) is 13.7. The lowest BCUT2D eigenvalue weighted by Gasteiger charge is -2.22. The van der Waals surface area contributed by atoms with Crippen molar-refractivity contribution in [2.45, 2.75) is 31.9 Å². The molecule has 0 aliphatic carbocycles. The van der Waals surface area contributed by atoms with Gasteiger partial charge in [-0.1, -0.05) is 0 Å². The molecule has 1 heterocycles. The lowest BCUT2D eigenvalue weighted by atomic mass is 10.1. The van der Waals surface area contributed by atoms with Crippen molar-refractivity contribution in [2.75, 3.05) is 24.8 Å². The smallest absolute Gasteiger partial charge is 0.337 e. The monoisotopic (exact) mass is 264 g/mol. The van der Waals surface area contributed by atoms with Crippen LogP contribution >= 0.6 is 0 Å². The summed E-state index contributed by atoms with van der Waals surface area (Å²) in [5, 5.41) is 3.31. The summed E-state index contributed by atoms with van der Waals surface area (Å²) in [6.07, 6.45) is 2.33. The lowest BCUT2D eigenvalue weighted by Crippen LogP contribution is -2.30. The number of carbonyl (C=O) groups is 1. The predicted molar refractivity (Wildman–Crippen MR) is 74.3 cm³/mol. The first-order valence-electron chi connectivity index (χ1n) is 6.48. The lowest BCUT2D eigenvalue weighted by molar-refractivity contribution is 0.0601. The highest BCUT2D eigenvalue weighted by Crippen LogP contribution is 2.24. The second-order valence-electron chi connectivity index (χ2n) is 4.78. The van der Waals surface area contributed by atoms with Crippen LogP contribution < -0.4 is 11.1 Å². The van der Waals surface area contributed by atoms with Crippen molar-refractivity contribution in [1.82, 2.24) is 0 Å². The van der Waals surface area contributed by atoms with Gasteiger partial charge in [0.2, 0.25) is 0 Å². The summed E-state index contributed by atoms with van der Waals surface area (Å²) in [6, 6.07) is 5.23. The maximum absolute atomic E-state index is 11.5. The first-order valence-corrected chi connectivity index (χ1v) is 6.48. The molecule has 0 aromatic heterocycles. The minimum atomic E-state index is -0.368. The number of esters is 1. The molecule has 1 aliphatic heterocycles. The zero-order chi connectivity index (χ0) is 13.8. The zero-order valence-corrected chi connectivity index (χ0v) is 11.3. The van der Waals surface area contributed by atoms with Crippen LogP contribution in [-0.4, -0.2) is 31.8 Å². The van der Waals surface area contributed by atoms with E-state index in [9.17, 15) is 4.79 Å². The van der Waals surface area contributed by atoms with Crippen molar-refractivity contribution in [3.05, 3.63) is 23.8 Å². The molecule has 104 valence electrons. The molecule has 1 aliphatic rings. The van der Waals surface area contributed by atoms with Gasteiger partial charge >= 0.3 is 5.97 Å². The fourth-order valence-electron chi connectivity index (χ4n) is 2.26. The number of methoxy groups -OCH3 is 1. The van der Waals surface area contributed by atoms with Crippen molar-refractivity contribution in [3.8, 4) is 0 Å². The van der Waals surface area contributed by atoms with Gasteiger partial charge in [0, 0.05) is 12.6 Å². The Morgan fingerprint density at radius 3 is 3.00 bits per heavy atom. The molecule has 2 unspecified atom stereocenters. The standard InChI is InChI=1S/C14H20N2O3/c1-9(13-4-3-7-19-13)16-12-8-10(14(17)18-2)5-6-11(12)15/h5-6,8-9,13,16H,3-4,7,15H2,1-2H3. The molecule has 0 saturated carbocycles. The number of ether oxygens (including phenoxy) is 2. The van der Waals surface area contributed by atoms with Crippen LogP contribution in [0.3, 0.4) is 0 Å². The van der Waals surface area contributed by atoms with Crippen LogP contribution in [0.1, 0.15) is 30.1 Å². The summed E-state index contributed by atoms with van der Waals surface area (Å²) >= 11 is 0. The van der Waals surface area contributed by atoms with Crippen molar-refractivity contribution < 1.29 is 14.3 Å². The summed E-state index contributed by atoms with van der Waals surface area (Å²) in [5.74, 6) is -0.368. The number of carbonyl (C=O) groups excluding carboxylic acids is 1. The van der Waals surface area contributed by atoms with Gasteiger partial charge in [-0.15, -0.1) is 0 Å². The van der Waals surface area contributed by atoms with E-state index in [1.165, 1.54) is 7.11 Å². The van der Waals surface area contributed by atoms with Crippen LogP contribution in [0.2, 0.25) is 0 Å². The average molecular weight is 264 g/mol. The Labute approximate surface area is 113 Å². The number of benzene rings is 1. The highest BCUT2D eigenvalue weighted by atomic mass is 16.5. The molecule has 0 radical (unpaired) electrons. The van der Waals surface area contributed by atoms with Crippen molar-refractivity contribution >= 4 is 17.3 Å². The summed E-state index contributed by atoms with van der Waals surface area (Å²) in [7, 11) is 1.36. The highest BCUT2D eigenvalue weighted by Gasteiger charge is 2.22. The largest absolute Gasteiger partial charge is 0.465 e. The van der Waals surface area contributed by atoms with Gasteiger partial charge in [-0.05, 0) is 38.0 Å². The summed E-state index contributed by atoms with van der Waals surface area (Å²) in [4.78, 5) is 11.5. The van der Waals surface area contributed by atoms with E-state index in [2.05, 4.69) is 12.2 Å². The second kappa shape index (κ2) is 5.93. The van der Waals surface area contributed by atoms with Crippen LogP contribution in [-0.2, 0) is 9.47 Å². The molecule has 3 N–H and O–H groups in total. The van der Waals surface area contributed by atoms with Crippen LogP contribution in [0.15, 0.2) is 18.2 Å². The highest BCUT2D eigenvalue weighted by molar-refractivity contribution is 5.92. The molecule has 2 rings (SSSR count). The van der Waals surface area contributed by atoms with E-state index in [0.717, 1.165) is 25.1 Å². The molecule has 0 bridgehead atoms. The Balaban J connectivity index is 2.12. The van der Waals surface area contributed by atoms with E-state index < -0.39 is 0 Å². The topological polar surface area (TPSA) is 73.6 Å². The molecule has 1 aromatic carbocycles. The van der Waals surface area contributed by atoms with Crippen LogP contribution in [0.4, 0.5) is 11.4 Å². The molecule has 2 atom stereocenters. The van der Waals surface area contributed by atoms with Gasteiger partial charge in [0.1, 0.15) is 0 Å². The average Bonchev–Trinajstić information content (AvgIpc) is 2.94. The van der Waals surface area contributed by atoms with Crippen molar-refractivity contribution in [1.29, 1.82) is 0 Å². The van der Waals surface area contributed by atoms with Crippen LogP contribution in [0.25, 0.3) is 0 Å². The number of nitrogens with two attached hydrogens (primary N) is 1. The number of anilines is 2. The van der Waals surface area contributed by atoms with E-state index in [1.807, 2.05) is 0 Å². The zero-order valence-electron chi connectivity index (χ0n) is 11.3. The second-order valence-corrected chi connectivity index (χ2v) is 4.78. The summed E-state index contributed by atoms with van der Waals surface area (Å²) in [5.41, 5.74) is 7.76. The van der Waals surface area contributed by atoms with Gasteiger partial charge in [-0.25, -0.2) is 4.79 Å². The Kier molecular flexibility index (Phi) is 4.27. The Morgan fingerprint density at radius 1 is 1.58 bits per heavy atom. The Hall–Kier alpha value is -1.75. The maximum atomic E-state index is 11.5. The molecule has 1 aromatic rings. The third kappa shape index (κ3) is 3.17. The van der Waals surface area contributed by atoms with Crippen molar-refractivity contribution in [3.63, 3.8) is 0 Å². The molecule has 19 heavy (non-hydrogen) atoms. The maximum Gasteiger partial charge on any atom is 0.337 e. The van der Waals surface area contributed by atoms with E-state index in [1.54, 1.807) is 18.2 Å².